The molecule has 0 unspecified atom stereocenters. The van der Waals surface area contributed by atoms with Crippen LogP contribution in [0.3, 0.4) is 0 Å². The van der Waals surface area contributed by atoms with Crippen LogP contribution in [-0.2, 0) is 55.8 Å². The van der Waals surface area contributed by atoms with Crippen LogP contribution in [-0.4, -0.2) is 22.0 Å². The van der Waals surface area contributed by atoms with Crippen LogP contribution in [0.15, 0.2) is 0 Å². The molecule has 0 atom stereocenters. The van der Waals surface area contributed by atoms with Crippen molar-refractivity contribution in [2.24, 2.45) is 0 Å². The molecule has 0 fully saturated rings. The molecule has 0 rings (SSSR count). The van der Waals surface area contributed by atoms with Crippen molar-refractivity contribution >= 4 is 58.5 Å². The van der Waals surface area contributed by atoms with E-state index in [1.54, 1.807) is 0 Å². The van der Waals surface area contributed by atoms with E-state index >= 15 is 0 Å². The molecule has 2 nitrogen and oxygen atoms in total. The van der Waals surface area contributed by atoms with Gasteiger partial charge in [0, 0.05) is 8.77 Å². The van der Waals surface area contributed by atoms with Gasteiger partial charge in [-0.3, -0.25) is 0 Å². The Hall–Kier alpha value is 0.908. The molecular formula is C6H10O2PtS4. The third-order valence-electron chi connectivity index (χ3n) is 0.524. The van der Waals surface area contributed by atoms with Gasteiger partial charge < -0.3 is 59.2 Å². The van der Waals surface area contributed by atoms with Crippen LogP contribution < -0.4 is 0 Å². The van der Waals surface area contributed by atoms with E-state index in [1.165, 1.54) is 0 Å². The van der Waals surface area contributed by atoms with E-state index < -0.39 is 0 Å². The minimum atomic E-state index is 0. The van der Waals surface area contributed by atoms with Crippen LogP contribution in [0.5, 0.6) is 0 Å². The first-order chi connectivity index (χ1) is 5.54. The third-order valence-corrected chi connectivity index (χ3v) is 0.996. The molecule has 0 aromatic carbocycles. The fourth-order valence-electron chi connectivity index (χ4n) is 0.236. The molecule has 13 heavy (non-hydrogen) atoms. The van der Waals surface area contributed by atoms with Gasteiger partial charge in [0.2, 0.25) is 0 Å². The van der Waals surface area contributed by atoms with Gasteiger partial charge in [0.15, 0.2) is 0 Å². The van der Waals surface area contributed by atoms with Crippen molar-refractivity contribution in [3.8, 4) is 0 Å². The molecule has 0 aliphatic rings. The summed E-state index contributed by atoms with van der Waals surface area (Å²) in [4.78, 5) is 0. The first-order valence-corrected chi connectivity index (χ1v) is 4.85. The zero-order valence-corrected chi connectivity index (χ0v) is 12.7. The maximum atomic E-state index is 4.59. The summed E-state index contributed by atoms with van der Waals surface area (Å²) in [7, 11) is 0. The molecule has 0 radical (unpaired) electrons. The molecular weight excluding hydrogens is 427 g/mol. The molecule has 0 saturated heterocycles. The average molecular weight is 437 g/mol. The summed E-state index contributed by atoms with van der Waals surface area (Å²) in [6.07, 6.45) is 0. The second-order valence-corrected chi connectivity index (χ2v) is 3.37. The Morgan fingerprint density at radius 3 is 1.23 bits per heavy atom. The second kappa shape index (κ2) is 15.4. The van der Waals surface area contributed by atoms with Crippen LogP contribution in [0, 0.1) is 0 Å². The Bertz CT molecular complexity index is 127. The molecule has 80 valence electrons. The fourth-order valence-corrected chi connectivity index (χ4v) is 0.707. The van der Waals surface area contributed by atoms with Crippen LogP contribution in [0.2, 0.25) is 0 Å². The number of hydrogen-bond acceptors (Lipinski definition) is 6. The Kier molecular flexibility index (Phi) is 23.0. The van der Waals surface area contributed by atoms with Gasteiger partial charge in [0.05, 0.1) is 13.2 Å². The van der Waals surface area contributed by atoms with E-state index in [9.17, 15) is 0 Å². The molecule has 7 heteroatoms. The van der Waals surface area contributed by atoms with Crippen molar-refractivity contribution in [2.45, 2.75) is 13.8 Å². The van der Waals surface area contributed by atoms with Gasteiger partial charge in [-0.2, -0.15) is 0 Å². The zero-order valence-electron chi connectivity index (χ0n) is 7.18. The summed E-state index contributed by atoms with van der Waals surface area (Å²) in [5.41, 5.74) is 0. The summed E-state index contributed by atoms with van der Waals surface area (Å²) in [5, 5.41) is 0. The Balaban J connectivity index is -0.000000143. The van der Waals surface area contributed by atoms with E-state index in [4.69, 9.17) is 0 Å². The predicted molar refractivity (Wildman–Crippen MR) is 63.2 cm³/mol. The summed E-state index contributed by atoms with van der Waals surface area (Å²) < 4.78 is 9.59. The number of ether oxygens (including phenoxy) is 2. The SMILES string of the molecule is CCOC(=S)[S-].CCOC(=S)[S-].[Pt+2]. The van der Waals surface area contributed by atoms with Crippen LogP contribution in [0.4, 0.5) is 0 Å². The van der Waals surface area contributed by atoms with Crippen LogP contribution >= 0.6 is 24.4 Å². The summed E-state index contributed by atoms with van der Waals surface area (Å²) >= 11 is 17.5. The van der Waals surface area contributed by atoms with Gasteiger partial charge in [0.1, 0.15) is 0 Å². The molecule has 0 aromatic rings. The number of hydrogen-bond donors (Lipinski definition) is 0. The molecule has 0 amide bonds. The van der Waals surface area contributed by atoms with Crippen LogP contribution in [0.1, 0.15) is 13.8 Å². The standard InChI is InChI=1S/2C3H6OS2.Pt/c2*1-2-4-3(5)6;/h2*2H2,1H3,(H,5,6);/q;;+2/p-2. The van der Waals surface area contributed by atoms with Crippen molar-refractivity contribution in [1.29, 1.82) is 0 Å². The molecule has 0 N–H and O–H groups in total. The predicted octanol–water partition coefficient (Wildman–Crippen LogP) is 1.71. The largest absolute Gasteiger partial charge is 2.00 e. The minimum absolute atomic E-state index is 0. The van der Waals surface area contributed by atoms with Crippen molar-refractivity contribution in [2.75, 3.05) is 13.2 Å². The summed E-state index contributed by atoms with van der Waals surface area (Å²) in [5.74, 6) is 0. The Morgan fingerprint density at radius 1 is 1.00 bits per heavy atom. The molecule has 0 saturated carbocycles. The second-order valence-electron chi connectivity index (χ2n) is 1.37. The quantitative estimate of drug-likeness (QED) is 0.480. The molecule has 0 aliphatic heterocycles. The van der Waals surface area contributed by atoms with Gasteiger partial charge in [-0.1, -0.05) is 0 Å². The third kappa shape index (κ3) is 32.2. The van der Waals surface area contributed by atoms with Crippen LogP contribution in [0.25, 0.3) is 0 Å². The maximum absolute atomic E-state index is 4.59. The fraction of sp³-hybridized carbons (Fsp3) is 0.667. The van der Waals surface area contributed by atoms with Gasteiger partial charge in [-0.25, -0.2) is 0 Å². The molecule has 0 aromatic heterocycles. The minimum Gasteiger partial charge on any atom is -0.514 e. The summed E-state index contributed by atoms with van der Waals surface area (Å²) in [6.45, 7) is 4.86. The van der Waals surface area contributed by atoms with E-state index in [-0.39, 0.29) is 29.8 Å². The Morgan fingerprint density at radius 2 is 1.23 bits per heavy atom. The number of rotatable bonds is 2. The van der Waals surface area contributed by atoms with E-state index in [2.05, 4.69) is 59.2 Å². The van der Waals surface area contributed by atoms with Gasteiger partial charge in [0.25, 0.3) is 0 Å². The van der Waals surface area contributed by atoms with E-state index in [1.807, 2.05) is 13.8 Å². The zero-order chi connectivity index (χ0) is 9.98. The van der Waals surface area contributed by atoms with Gasteiger partial charge >= 0.3 is 21.1 Å². The maximum Gasteiger partial charge on any atom is 2.00 e. The normalized spacial score (nSPS) is 6.92. The first kappa shape index (κ1) is 19.5. The van der Waals surface area contributed by atoms with E-state index in [0.717, 1.165) is 0 Å². The van der Waals surface area contributed by atoms with Crippen molar-refractivity contribution in [3.05, 3.63) is 0 Å². The van der Waals surface area contributed by atoms with Gasteiger partial charge in [-0.15, -0.1) is 0 Å². The van der Waals surface area contributed by atoms with E-state index in [0.29, 0.717) is 13.2 Å². The topological polar surface area (TPSA) is 18.5 Å². The molecule has 0 heterocycles. The molecule has 0 bridgehead atoms. The average Bonchev–Trinajstić information content (AvgIpc) is 1.87. The smallest absolute Gasteiger partial charge is 0.514 e. The van der Waals surface area contributed by atoms with Crippen molar-refractivity contribution in [3.63, 3.8) is 0 Å². The first-order valence-electron chi connectivity index (χ1n) is 3.22. The van der Waals surface area contributed by atoms with Gasteiger partial charge in [-0.05, 0) is 13.8 Å². The molecule has 0 spiro atoms. The Labute approximate surface area is 115 Å². The molecule has 0 aliphatic carbocycles. The monoisotopic (exact) mass is 437 g/mol. The van der Waals surface area contributed by atoms with Crippen molar-refractivity contribution < 1.29 is 30.5 Å². The number of thiocarbonyl (C=S) groups is 2. The van der Waals surface area contributed by atoms with Crippen molar-refractivity contribution in [1.82, 2.24) is 0 Å². The summed E-state index contributed by atoms with van der Waals surface area (Å²) in [6, 6.07) is 0.